The smallest absolute Gasteiger partial charge is 0.253 e. The van der Waals surface area contributed by atoms with Gasteiger partial charge in [0, 0.05) is 34.7 Å². The summed E-state index contributed by atoms with van der Waals surface area (Å²) in [5.74, 6) is 2.07. The van der Waals surface area contributed by atoms with E-state index < -0.39 is 0 Å². The van der Waals surface area contributed by atoms with E-state index in [1.807, 2.05) is 42.0 Å². The second kappa shape index (κ2) is 5.80. The average molecular weight is 353 g/mol. The third kappa shape index (κ3) is 2.76. The van der Waals surface area contributed by atoms with Gasteiger partial charge in [0.25, 0.3) is 5.78 Å². The van der Waals surface area contributed by atoms with Crippen LogP contribution in [0.4, 0.5) is 0 Å². The third-order valence-electron chi connectivity index (χ3n) is 4.40. The number of hydrogen-bond acceptors (Lipinski definition) is 6. The zero-order valence-electron chi connectivity index (χ0n) is 14.9. The number of nitrogens with zero attached hydrogens (tertiary/aromatic N) is 7. The molecule has 0 aliphatic heterocycles. The van der Waals surface area contributed by atoms with Gasteiger partial charge in [-0.05, 0) is 46.2 Å². The van der Waals surface area contributed by atoms with Crippen molar-refractivity contribution in [3.63, 3.8) is 0 Å². The van der Waals surface area contributed by atoms with E-state index in [-0.39, 0.29) is 0 Å². The first-order valence-corrected chi connectivity index (χ1v) is 9.06. The summed E-state index contributed by atoms with van der Waals surface area (Å²) in [5, 5.41) is 5.28. The number of thioether (sulfide) groups is 1. The van der Waals surface area contributed by atoms with Crippen LogP contribution in [0.2, 0.25) is 0 Å². The molecule has 0 saturated heterocycles. The molecule has 4 rings (SSSR count). The van der Waals surface area contributed by atoms with Gasteiger partial charge >= 0.3 is 0 Å². The minimum absolute atomic E-state index is 0.645. The van der Waals surface area contributed by atoms with Crippen LogP contribution in [0.25, 0.3) is 11.6 Å². The van der Waals surface area contributed by atoms with Crippen molar-refractivity contribution in [1.29, 1.82) is 0 Å². The van der Waals surface area contributed by atoms with Crippen LogP contribution in [0.1, 0.15) is 34.0 Å². The number of fused-ring (bicyclic) bond motifs is 2. The van der Waals surface area contributed by atoms with Gasteiger partial charge in [-0.15, -0.1) is 5.10 Å². The van der Waals surface area contributed by atoms with Crippen LogP contribution in [-0.2, 0) is 5.75 Å². The second-order valence-corrected chi connectivity index (χ2v) is 7.19. The quantitative estimate of drug-likeness (QED) is 0.527. The second-order valence-electron chi connectivity index (χ2n) is 6.24. The van der Waals surface area contributed by atoms with Crippen LogP contribution in [0.15, 0.2) is 17.4 Å². The first kappa shape index (κ1) is 16.0. The number of aryl methyl sites for hydroxylation is 4. The molecule has 0 aliphatic rings. The van der Waals surface area contributed by atoms with Gasteiger partial charge in [0.05, 0.1) is 5.69 Å². The number of aromatic nitrogens is 7. The van der Waals surface area contributed by atoms with Crippen molar-refractivity contribution in [3.8, 4) is 0 Å². The molecule has 0 N–H and O–H groups in total. The first-order valence-electron chi connectivity index (χ1n) is 8.08. The highest BCUT2D eigenvalue weighted by Gasteiger charge is 2.12. The largest absolute Gasteiger partial charge is 0.288 e. The molecule has 4 heterocycles. The van der Waals surface area contributed by atoms with E-state index in [0.717, 1.165) is 39.8 Å². The van der Waals surface area contributed by atoms with E-state index >= 15 is 0 Å². The van der Waals surface area contributed by atoms with Gasteiger partial charge in [-0.3, -0.25) is 4.40 Å². The molecule has 0 bridgehead atoms. The Morgan fingerprint density at radius 2 is 1.76 bits per heavy atom. The highest BCUT2D eigenvalue weighted by molar-refractivity contribution is 7.98. The van der Waals surface area contributed by atoms with E-state index in [2.05, 4.69) is 38.9 Å². The number of imidazole rings is 1. The van der Waals surface area contributed by atoms with Gasteiger partial charge in [0.2, 0.25) is 10.9 Å². The summed E-state index contributed by atoms with van der Waals surface area (Å²) in [5.41, 5.74) is 6.27. The van der Waals surface area contributed by atoms with Gasteiger partial charge < -0.3 is 0 Å². The van der Waals surface area contributed by atoms with Crippen molar-refractivity contribution in [1.82, 2.24) is 34.0 Å². The minimum atomic E-state index is 0.645. The van der Waals surface area contributed by atoms with Crippen LogP contribution in [0, 0.1) is 34.6 Å². The van der Waals surface area contributed by atoms with Crippen molar-refractivity contribution in [2.75, 3.05) is 0 Å². The maximum atomic E-state index is 4.60. The lowest BCUT2D eigenvalue weighted by Gasteiger charge is -2.04. The Hall–Kier alpha value is -2.48. The molecule has 0 aliphatic carbocycles. The highest BCUT2D eigenvalue weighted by atomic mass is 32.2. The average Bonchev–Trinajstić information content (AvgIpc) is 3.14. The van der Waals surface area contributed by atoms with Crippen LogP contribution in [0.3, 0.4) is 0 Å². The van der Waals surface area contributed by atoms with Crippen molar-refractivity contribution < 1.29 is 0 Å². The van der Waals surface area contributed by atoms with Crippen LogP contribution < -0.4 is 0 Å². The molecule has 0 unspecified atom stereocenters. The molecule has 0 atom stereocenters. The monoisotopic (exact) mass is 353 g/mol. The molecule has 7 nitrogen and oxygen atoms in total. The molecule has 128 valence electrons. The number of hydrogen-bond donors (Lipinski definition) is 0. The molecule has 0 aromatic carbocycles. The summed E-state index contributed by atoms with van der Waals surface area (Å²) >= 11 is 1.56. The van der Waals surface area contributed by atoms with Crippen molar-refractivity contribution in [2.45, 2.75) is 45.5 Å². The van der Waals surface area contributed by atoms with Crippen LogP contribution in [-0.4, -0.2) is 34.0 Å². The molecule has 4 aromatic rings. The Bertz CT molecular complexity index is 1110. The van der Waals surface area contributed by atoms with E-state index in [1.54, 1.807) is 11.8 Å². The molecule has 0 saturated carbocycles. The lowest BCUT2D eigenvalue weighted by atomic mass is 10.2. The topological polar surface area (TPSA) is 73.3 Å². The van der Waals surface area contributed by atoms with Crippen molar-refractivity contribution >= 4 is 23.3 Å². The fourth-order valence-electron chi connectivity index (χ4n) is 2.82. The maximum Gasteiger partial charge on any atom is 0.253 e. The summed E-state index contributed by atoms with van der Waals surface area (Å²) in [4.78, 5) is 18.1. The van der Waals surface area contributed by atoms with Crippen LogP contribution in [0.5, 0.6) is 0 Å². The lowest BCUT2D eigenvalue weighted by molar-refractivity contribution is 0.832. The molecule has 0 fully saturated rings. The highest BCUT2D eigenvalue weighted by Crippen LogP contribution is 2.21. The summed E-state index contributed by atoms with van der Waals surface area (Å²) in [6.07, 6.45) is 2.03. The molecule has 0 amide bonds. The predicted octanol–water partition coefficient (Wildman–Crippen LogP) is 3.00. The Morgan fingerprint density at radius 3 is 2.56 bits per heavy atom. The fraction of sp³-hybridized carbons (Fsp3) is 0.353. The molecule has 8 heteroatoms. The zero-order chi connectivity index (χ0) is 17.7. The van der Waals surface area contributed by atoms with E-state index in [4.69, 9.17) is 0 Å². The predicted molar refractivity (Wildman–Crippen MR) is 97.0 cm³/mol. The van der Waals surface area contributed by atoms with E-state index in [0.29, 0.717) is 16.7 Å². The summed E-state index contributed by atoms with van der Waals surface area (Å²) < 4.78 is 3.82. The molecular formula is C17H19N7S. The minimum Gasteiger partial charge on any atom is -0.288 e. The summed E-state index contributed by atoms with van der Waals surface area (Å²) in [6.45, 7) is 10.1. The maximum absolute atomic E-state index is 4.60. The van der Waals surface area contributed by atoms with Crippen LogP contribution >= 0.6 is 11.8 Å². The Morgan fingerprint density at radius 1 is 0.960 bits per heavy atom. The summed E-state index contributed by atoms with van der Waals surface area (Å²) in [7, 11) is 0. The van der Waals surface area contributed by atoms with Crippen molar-refractivity contribution in [2.24, 2.45) is 0 Å². The normalized spacial score (nSPS) is 11.7. The van der Waals surface area contributed by atoms with Crippen molar-refractivity contribution in [3.05, 3.63) is 46.3 Å². The molecule has 0 spiro atoms. The first-order chi connectivity index (χ1) is 11.9. The number of rotatable bonds is 3. The van der Waals surface area contributed by atoms with Gasteiger partial charge in [-0.25, -0.2) is 19.5 Å². The SMILES string of the molecule is Cc1cc(C)n2cc(CSc3nc4nc(C)c(C)c(C)n4n3)nc2n1. The Balaban J connectivity index is 1.62. The Kier molecular flexibility index (Phi) is 3.72. The van der Waals surface area contributed by atoms with E-state index in [1.165, 1.54) is 0 Å². The fourth-order valence-corrected chi connectivity index (χ4v) is 3.53. The van der Waals surface area contributed by atoms with Gasteiger partial charge in [0.1, 0.15) is 0 Å². The molecule has 0 radical (unpaired) electrons. The third-order valence-corrected chi connectivity index (χ3v) is 5.27. The van der Waals surface area contributed by atoms with Gasteiger partial charge in [-0.1, -0.05) is 11.8 Å². The van der Waals surface area contributed by atoms with Gasteiger partial charge in [0.15, 0.2) is 0 Å². The zero-order valence-corrected chi connectivity index (χ0v) is 15.7. The molecule has 25 heavy (non-hydrogen) atoms. The molecular weight excluding hydrogens is 334 g/mol. The Labute approximate surface area is 149 Å². The van der Waals surface area contributed by atoms with Gasteiger partial charge in [-0.2, -0.15) is 4.98 Å². The summed E-state index contributed by atoms with van der Waals surface area (Å²) in [6, 6.07) is 2.05. The lowest BCUT2D eigenvalue weighted by Crippen LogP contribution is -2.02. The van der Waals surface area contributed by atoms with E-state index in [9.17, 15) is 0 Å². The molecule has 4 aromatic heterocycles. The standard InChI is InChI=1S/C17H19N7S/c1-9-6-10(2)23-7-14(20-15(23)18-9)8-25-17-21-16-19-12(4)11(3)13(5)24(16)22-17/h6-7H,8H2,1-5H3.